The Morgan fingerprint density at radius 1 is 0.939 bits per heavy atom. The van der Waals surface area contributed by atoms with Gasteiger partial charge in [0.2, 0.25) is 5.91 Å². The van der Waals surface area contributed by atoms with Crippen LogP contribution in [0, 0.1) is 11.6 Å². The smallest absolute Gasteiger partial charge is 0.261 e. The standard InChI is InChI=1S/C25H24F2N2O3S/c26-20-8-12-24(13-9-20)33(31,32)28-22-10-6-18(7-11-22)17-25(30)29-14-2-5-23(29)16-19-3-1-4-21(27)15-19/h1,3-4,6-13,15,23,28H,2,5,14,16-17H2. The van der Waals surface area contributed by atoms with Gasteiger partial charge >= 0.3 is 0 Å². The Labute approximate surface area is 192 Å². The second-order valence-electron chi connectivity index (χ2n) is 8.15. The van der Waals surface area contributed by atoms with Crippen molar-refractivity contribution < 1.29 is 22.0 Å². The number of sulfonamides is 1. The fraction of sp³-hybridized carbons (Fsp3) is 0.240. The summed E-state index contributed by atoms with van der Waals surface area (Å²) in [4.78, 5) is 14.7. The summed E-state index contributed by atoms with van der Waals surface area (Å²) in [6, 6.07) is 17.7. The van der Waals surface area contributed by atoms with Crippen molar-refractivity contribution in [1.82, 2.24) is 4.90 Å². The highest BCUT2D eigenvalue weighted by Crippen LogP contribution is 2.23. The molecule has 0 spiro atoms. The maximum absolute atomic E-state index is 13.5. The number of benzene rings is 3. The summed E-state index contributed by atoms with van der Waals surface area (Å²) < 4.78 is 53.9. The lowest BCUT2D eigenvalue weighted by atomic mass is 10.0. The first-order chi connectivity index (χ1) is 15.8. The molecule has 8 heteroatoms. The SMILES string of the molecule is O=C(Cc1ccc(NS(=O)(=O)c2ccc(F)cc2)cc1)N1CCCC1Cc1cccc(F)c1. The fourth-order valence-corrected chi connectivity index (χ4v) is 5.17. The lowest BCUT2D eigenvalue weighted by Crippen LogP contribution is -2.37. The lowest BCUT2D eigenvalue weighted by Gasteiger charge is -2.25. The van der Waals surface area contributed by atoms with E-state index in [1.165, 1.54) is 24.3 Å². The Morgan fingerprint density at radius 2 is 1.67 bits per heavy atom. The molecule has 1 aliphatic rings. The number of hydrogen-bond donors (Lipinski definition) is 1. The third-order valence-electron chi connectivity index (χ3n) is 5.74. The maximum atomic E-state index is 13.5. The molecule has 1 saturated heterocycles. The Bertz CT molecular complexity index is 1230. The van der Waals surface area contributed by atoms with Crippen LogP contribution < -0.4 is 4.72 Å². The summed E-state index contributed by atoms with van der Waals surface area (Å²) >= 11 is 0. The average Bonchev–Trinajstić information content (AvgIpc) is 3.23. The Morgan fingerprint density at radius 3 is 2.36 bits per heavy atom. The van der Waals surface area contributed by atoms with Gasteiger partial charge in [-0.05, 0) is 78.9 Å². The molecule has 0 aromatic heterocycles. The van der Waals surface area contributed by atoms with Crippen molar-refractivity contribution in [2.75, 3.05) is 11.3 Å². The van der Waals surface area contributed by atoms with E-state index in [-0.39, 0.29) is 29.1 Å². The van der Waals surface area contributed by atoms with Crippen LogP contribution in [0.1, 0.15) is 24.0 Å². The Balaban J connectivity index is 1.38. The molecule has 3 aromatic rings. The van der Waals surface area contributed by atoms with Crippen LogP contribution in [-0.4, -0.2) is 31.8 Å². The number of hydrogen-bond acceptors (Lipinski definition) is 3. The number of nitrogens with one attached hydrogen (secondary N) is 1. The Hall–Kier alpha value is -3.26. The van der Waals surface area contributed by atoms with E-state index in [9.17, 15) is 22.0 Å². The molecule has 1 amide bonds. The second-order valence-corrected chi connectivity index (χ2v) is 9.83. The van der Waals surface area contributed by atoms with Gasteiger partial charge in [0, 0.05) is 18.3 Å². The number of halogens is 2. The highest BCUT2D eigenvalue weighted by molar-refractivity contribution is 7.92. The molecule has 0 saturated carbocycles. The van der Waals surface area contributed by atoms with Crippen molar-refractivity contribution >= 4 is 21.6 Å². The first kappa shape index (κ1) is 22.9. The molecule has 4 rings (SSSR count). The summed E-state index contributed by atoms with van der Waals surface area (Å²) in [7, 11) is -3.84. The van der Waals surface area contributed by atoms with Gasteiger partial charge in [0.05, 0.1) is 11.3 Å². The monoisotopic (exact) mass is 470 g/mol. The fourth-order valence-electron chi connectivity index (χ4n) is 4.11. The van der Waals surface area contributed by atoms with Crippen LogP contribution in [0.25, 0.3) is 0 Å². The van der Waals surface area contributed by atoms with Crippen molar-refractivity contribution in [2.45, 2.75) is 36.6 Å². The molecule has 3 aromatic carbocycles. The van der Waals surface area contributed by atoms with Crippen LogP contribution in [0.15, 0.2) is 77.7 Å². The Kier molecular flexibility index (Phi) is 6.74. The summed E-state index contributed by atoms with van der Waals surface area (Å²) in [5, 5.41) is 0. The maximum Gasteiger partial charge on any atom is 0.261 e. The number of nitrogens with zero attached hydrogens (tertiary/aromatic N) is 1. The number of likely N-dealkylation sites (tertiary alicyclic amines) is 1. The zero-order valence-corrected chi connectivity index (χ0v) is 18.7. The number of rotatable bonds is 7. The second kappa shape index (κ2) is 9.70. The van der Waals surface area contributed by atoms with Crippen molar-refractivity contribution in [1.29, 1.82) is 0 Å². The highest BCUT2D eigenvalue weighted by atomic mass is 32.2. The lowest BCUT2D eigenvalue weighted by molar-refractivity contribution is -0.131. The van der Waals surface area contributed by atoms with E-state index < -0.39 is 15.8 Å². The van der Waals surface area contributed by atoms with Gasteiger partial charge in [-0.15, -0.1) is 0 Å². The zero-order valence-electron chi connectivity index (χ0n) is 17.9. The van der Waals surface area contributed by atoms with E-state index in [1.807, 2.05) is 11.0 Å². The summed E-state index contributed by atoms with van der Waals surface area (Å²) in [6.07, 6.45) is 2.61. The quantitative estimate of drug-likeness (QED) is 0.551. The minimum atomic E-state index is -3.84. The summed E-state index contributed by atoms with van der Waals surface area (Å²) in [5.41, 5.74) is 1.99. The largest absolute Gasteiger partial charge is 0.339 e. The molecule has 1 N–H and O–H groups in total. The average molecular weight is 471 g/mol. The first-order valence-corrected chi connectivity index (χ1v) is 12.2. The van der Waals surface area contributed by atoms with Crippen molar-refractivity contribution in [2.24, 2.45) is 0 Å². The van der Waals surface area contributed by atoms with E-state index in [0.29, 0.717) is 18.7 Å². The number of anilines is 1. The number of carbonyl (C=O) groups excluding carboxylic acids is 1. The topological polar surface area (TPSA) is 66.5 Å². The van der Waals surface area contributed by atoms with E-state index in [0.717, 1.165) is 36.1 Å². The third-order valence-corrected chi connectivity index (χ3v) is 7.14. The normalized spacial score (nSPS) is 16.1. The van der Waals surface area contributed by atoms with Crippen LogP contribution in [-0.2, 0) is 27.7 Å². The van der Waals surface area contributed by atoms with Gasteiger partial charge in [0.1, 0.15) is 11.6 Å². The van der Waals surface area contributed by atoms with Crippen molar-refractivity contribution in [3.05, 3.63) is 95.6 Å². The molecular formula is C25H24F2N2O3S. The predicted octanol–water partition coefficient (Wildman–Crippen LogP) is 4.54. The number of carbonyl (C=O) groups is 1. The molecule has 1 unspecified atom stereocenters. The first-order valence-electron chi connectivity index (χ1n) is 10.7. The predicted molar refractivity (Wildman–Crippen MR) is 122 cm³/mol. The van der Waals surface area contributed by atoms with Crippen LogP contribution in [0.4, 0.5) is 14.5 Å². The number of amides is 1. The minimum absolute atomic E-state index is 0.00598. The highest BCUT2D eigenvalue weighted by Gasteiger charge is 2.28. The van der Waals surface area contributed by atoms with Gasteiger partial charge in [-0.1, -0.05) is 24.3 Å². The molecular weight excluding hydrogens is 446 g/mol. The molecule has 33 heavy (non-hydrogen) atoms. The third kappa shape index (κ3) is 5.76. The molecule has 1 fully saturated rings. The van der Waals surface area contributed by atoms with Crippen LogP contribution >= 0.6 is 0 Å². The molecule has 0 aliphatic carbocycles. The van der Waals surface area contributed by atoms with Crippen LogP contribution in [0.2, 0.25) is 0 Å². The van der Waals surface area contributed by atoms with Gasteiger partial charge in [-0.2, -0.15) is 0 Å². The summed E-state index contributed by atoms with van der Waals surface area (Å²) in [6.45, 7) is 0.675. The van der Waals surface area contributed by atoms with E-state index in [2.05, 4.69) is 4.72 Å². The van der Waals surface area contributed by atoms with Crippen molar-refractivity contribution in [3.63, 3.8) is 0 Å². The van der Waals surface area contributed by atoms with Crippen LogP contribution in [0.5, 0.6) is 0 Å². The van der Waals surface area contributed by atoms with Gasteiger partial charge < -0.3 is 4.90 Å². The summed E-state index contributed by atoms with van der Waals surface area (Å²) in [5.74, 6) is -0.800. The molecule has 172 valence electrons. The molecule has 0 radical (unpaired) electrons. The molecule has 1 aliphatic heterocycles. The molecule has 1 atom stereocenters. The van der Waals surface area contributed by atoms with E-state index in [4.69, 9.17) is 0 Å². The molecule has 1 heterocycles. The van der Waals surface area contributed by atoms with Crippen LogP contribution in [0.3, 0.4) is 0 Å². The van der Waals surface area contributed by atoms with Gasteiger partial charge in [-0.3, -0.25) is 9.52 Å². The van der Waals surface area contributed by atoms with Gasteiger partial charge in [0.15, 0.2) is 0 Å². The van der Waals surface area contributed by atoms with E-state index >= 15 is 0 Å². The zero-order chi connectivity index (χ0) is 23.4. The molecule has 5 nitrogen and oxygen atoms in total. The minimum Gasteiger partial charge on any atom is -0.339 e. The van der Waals surface area contributed by atoms with Gasteiger partial charge in [0.25, 0.3) is 10.0 Å². The van der Waals surface area contributed by atoms with Gasteiger partial charge in [-0.25, -0.2) is 17.2 Å². The molecule has 0 bridgehead atoms. The van der Waals surface area contributed by atoms with E-state index in [1.54, 1.807) is 30.3 Å². The van der Waals surface area contributed by atoms with Crippen molar-refractivity contribution in [3.8, 4) is 0 Å².